The first kappa shape index (κ1) is 14.8. The molecule has 7 heteroatoms. The molecule has 1 rings (SSSR count). The van der Waals surface area contributed by atoms with Gasteiger partial charge in [0.25, 0.3) is 0 Å². The van der Waals surface area contributed by atoms with Crippen LogP contribution in [0.2, 0.25) is 0 Å². The number of hydrogen-bond acceptors (Lipinski definition) is 6. The zero-order chi connectivity index (χ0) is 12.9. The van der Waals surface area contributed by atoms with Gasteiger partial charge in [0.15, 0.2) is 4.34 Å². The van der Waals surface area contributed by atoms with Gasteiger partial charge in [0.2, 0.25) is 11.0 Å². The van der Waals surface area contributed by atoms with Crippen molar-refractivity contribution >= 4 is 45.9 Å². The summed E-state index contributed by atoms with van der Waals surface area (Å²) in [6.07, 6.45) is 0. The van der Waals surface area contributed by atoms with Gasteiger partial charge in [-0.1, -0.05) is 43.9 Å². The molecule has 1 aromatic rings. The van der Waals surface area contributed by atoms with Crippen LogP contribution in [0.1, 0.15) is 27.7 Å². The summed E-state index contributed by atoms with van der Waals surface area (Å²) < 4.78 is 1.21. The van der Waals surface area contributed by atoms with Crippen molar-refractivity contribution in [3.63, 3.8) is 0 Å². The van der Waals surface area contributed by atoms with E-state index in [-0.39, 0.29) is 5.91 Å². The number of carbonyl (C=O) groups excluding carboxylic acids is 1. The Morgan fingerprint density at radius 1 is 1.35 bits per heavy atom. The highest BCUT2D eigenvalue weighted by atomic mass is 32.2. The third-order valence-electron chi connectivity index (χ3n) is 1.53. The van der Waals surface area contributed by atoms with E-state index in [2.05, 4.69) is 36.3 Å². The first-order chi connectivity index (χ1) is 7.87. The molecular formula is C10H17N3OS3. The highest BCUT2D eigenvalue weighted by Crippen LogP contribution is 2.28. The number of anilines is 1. The Kier molecular flexibility index (Phi) is 5.75. The van der Waals surface area contributed by atoms with E-state index in [1.165, 1.54) is 18.3 Å². The Morgan fingerprint density at radius 3 is 2.65 bits per heavy atom. The van der Waals surface area contributed by atoms with Crippen molar-refractivity contribution in [3.8, 4) is 0 Å². The number of amides is 1. The lowest BCUT2D eigenvalue weighted by molar-refractivity contribution is -0.114. The summed E-state index contributed by atoms with van der Waals surface area (Å²) in [5.74, 6) is 1.99. The van der Waals surface area contributed by atoms with Crippen LogP contribution in [0.4, 0.5) is 5.13 Å². The van der Waals surface area contributed by atoms with Gasteiger partial charge in [0.05, 0.1) is 0 Å². The van der Waals surface area contributed by atoms with Crippen LogP contribution in [0.3, 0.4) is 0 Å². The van der Waals surface area contributed by atoms with Gasteiger partial charge in [0, 0.05) is 23.2 Å². The van der Waals surface area contributed by atoms with Crippen molar-refractivity contribution in [2.24, 2.45) is 0 Å². The summed E-state index contributed by atoms with van der Waals surface area (Å²) in [7, 11) is 0. The third-order valence-corrected chi connectivity index (χ3v) is 5.04. The topological polar surface area (TPSA) is 54.9 Å². The molecule has 0 saturated carbocycles. The monoisotopic (exact) mass is 291 g/mol. The Morgan fingerprint density at radius 2 is 2.06 bits per heavy atom. The van der Waals surface area contributed by atoms with Crippen molar-refractivity contribution < 1.29 is 4.79 Å². The van der Waals surface area contributed by atoms with Crippen LogP contribution in [0.25, 0.3) is 0 Å². The van der Waals surface area contributed by atoms with Gasteiger partial charge in [-0.3, -0.25) is 4.79 Å². The van der Waals surface area contributed by atoms with Crippen LogP contribution in [0.15, 0.2) is 4.34 Å². The van der Waals surface area contributed by atoms with Crippen molar-refractivity contribution in [2.45, 2.75) is 36.8 Å². The molecule has 0 bridgehead atoms. The van der Waals surface area contributed by atoms with Crippen LogP contribution in [0, 0.1) is 0 Å². The molecule has 4 nitrogen and oxygen atoms in total. The normalized spacial score (nSPS) is 11.5. The first-order valence-corrected chi connectivity index (χ1v) is 8.03. The van der Waals surface area contributed by atoms with Crippen molar-refractivity contribution in [1.29, 1.82) is 0 Å². The first-order valence-electron chi connectivity index (χ1n) is 5.25. The summed E-state index contributed by atoms with van der Waals surface area (Å²) in [6, 6.07) is 0. The molecule has 0 fully saturated rings. The fourth-order valence-corrected chi connectivity index (χ4v) is 3.74. The average Bonchev–Trinajstić information content (AvgIpc) is 2.58. The molecule has 0 aliphatic carbocycles. The summed E-state index contributed by atoms with van der Waals surface area (Å²) in [4.78, 5) is 10.8. The Labute approximate surface area is 114 Å². The van der Waals surface area contributed by atoms with Crippen molar-refractivity contribution in [3.05, 3.63) is 0 Å². The molecule has 0 aliphatic heterocycles. The van der Waals surface area contributed by atoms with Crippen LogP contribution in [-0.4, -0.2) is 32.4 Å². The smallest absolute Gasteiger partial charge is 0.223 e. The predicted molar refractivity (Wildman–Crippen MR) is 77.1 cm³/mol. The van der Waals surface area contributed by atoms with Gasteiger partial charge in [-0.15, -0.1) is 10.2 Å². The number of thioether (sulfide) groups is 2. The van der Waals surface area contributed by atoms with Gasteiger partial charge in [0.1, 0.15) is 0 Å². The van der Waals surface area contributed by atoms with E-state index in [4.69, 9.17) is 0 Å². The van der Waals surface area contributed by atoms with E-state index in [9.17, 15) is 4.79 Å². The molecule has 0 radical (unpaired) electrons. The lowest BCUT2D eigenvalue weighted by atomic mass is 10.3. The molecule has 0 atom stereocenters. The fourth-order valence-electron chi connectivity index (χ4n) is 0.946. The molecule has 0 unspecified atom stereocenters. The van der Waals surface area contributed by atoms with Gasteiger partial charge in [-0.05, 0) is 0 Å². The van der Waals surface area contributed by atoms with E-state index >= 15 is 0 Å². The molecule has 96 valence electrons. The second-order valence-corrected chi connectivity index (χ2v) is 8.60. The van der Waals surface area contributed by atoms with E-state index in [1.807, 2.05) is 11.8 Å². The second-order valence-electron chi connectivity index (χ2n) is 4.36. The Hall–Kier alpha value is -0.270. The quantitative estimate of drug-likeness (QED) is 0.513. The molecule has 1 amide bonds. The fraction of sp³-hybridized carbons (Fsp3) is 0.700. The maximum atomic E-state index is 10.8. The maximum absolute atomic E-state index is 10.8. The van der Waals surface area contributed by atoms with E-state index in [0.29, 0.717) is 9.88 Å². The lowest BCUT2D eigenvalue weighted by Crippen LogP contribution is -2.08. The summed E-state index contributed by atoms with van der Waals surface area (Å²) >= 11 is 5.04. The van der Waals surface area contributed by atoms with Gasteiger partial charge in [-0.2, -0.15) is 11.8 Å². The minimum atomic E-state index is -0.110. The van der Waals surface area contributed by atoms with Gasteiger partial charge in [-0.25, -0.2) is 0 Å². The molecule has 1 heterocycles. The third kappa shape index (κ3) is 6.90. The average molecular weight is 291 g/mol. The minimum Gasteiger partial charge on any atom is -0.301 e. The molecule has 0 aromatic carbocycles. The molecular weight excluding hydrogens is 274 g/mol. The highest BCUT2D eigenvalue weighted by Gasteiger charge is 2.10. The van der Waals surface area contributed by atoms with Crippen LogP contribution in [0.5, 0.6) is 0 Å². The van der Waals surface area contributed by atoms with E-state index in [0.717, 1.165) is 15.8 Å². The maximum Gasteiger partial charge on any atom is 0.223 e. The summed E-state index contributed by atoms with van der Waals surface area (Å²) in [5, 5.41) is 11.1. The van der Waals surface area contributed by atoms with Crippen LogP contribution < -0.4 is 5.32 Å². The SMILES string of the molecule is CC(=O)Nc1nnc(SCCSC(C)(C)C)s1. The molecule has 0 aliphatic rings. The number of rotatable bonds is 5. The Bertz CT molecular complexity index is 373. The van der Waals surface area contributed by atoms with Crippen LogP contribution in [-0.2, 0) is 4.79 Å². The number of nitrogens with one attached hydrogen (secondary N) is 1. The summed E-state index contributed by atoms with van der Waals surface area (Å²) in [5.41, 5.74) is 0. The number of carbonyl (C=O) groups is 1. The second kappa shape index (κ2) is 6.61. The molecule has 1 aromatic heterocycles. The molecule has 1 N–H and O–H groups in total. The van der Waals surface area contributed by atoms with E-state index < -0.39 is 0 Å². The molecule has 17 heavy (non-hydrogen) atoms. The van der Waals surface area contributed by atoms with Gasteiger partial charge < -0.3 is 5.32 Å². The predicted octanol–water partition coefficient (Wildman–Crippen LogP) is 3.12. The number of nitrogens with zero attached hydrogens (tertiary/aromatic N) is 2. The zero-order valence-electron chi connectivity index (χ0n) is 10.4. The molecule has 0 saturated heterocycles. The Balaban J connectivity index is 2.28. The number of hydrogen-bond donors (Lipinski definition) is 1. The largest absolute Gasteiger partial charge is 0.301 e. The lowest BCUT2D eigenvalue weighted by Gasteiger charge is -2.16. The van der Waals surface area contributed by atoms with Gasteiger partial charge >= 0.3 is 0 Å². The van der Waals surface area contributed by atoms with E-state index in [1.54, 1.807) is 11.8 Å². The van der Waals surface area contributed by atoms with Crippen molar-refractivity contribution in [2.75, 3.05) is 16.8 Å². The standard InChI is InChI=1S/C10H17N3OS3/c1-7(14)11-8-12-13-9(17-8)15-5-6-16-10(2,3)4/h5-6H2,1-4H3,(H,11,12,14). The number of aromatic nitrogens is 2. The highest BCUT2D eigenvalue weighted by molar-refractivity contribution is 8.04. The van der Waals surface area contributed by atoms with Crippen molar-refractivity contribution in [1.82, 2.24) is 10.2 Å². The molecule has 0 spiro atoms. The zero-order valence-corrected chi connectivity index (χ0v) is 12.9. The van der Waals surface area contributed by atoms with Crippen LogP contribution >= 0.6 is 34.9 Å². The summed E-state index contributed by atoms with van der Waals surface area (Å²) in [6.45, 7) is 8.10. The minimum absolute atomic E-state index is 0.110.